The van der Waals surface area contributed by atoms with E-state index in [0.29, 0.717) is 22.4 Å². The van der Waals surface area contributed by atoms with Gasteiger partial charge in [0, 0.05) is 17.5 Å². The minimum Gasteiger partial charge on any atom is -0.451 e. The number of rotatable bonds is 7. The van der Waals surface area contributed by atoms with Gasteiger partial charge in [0.15, 0.2) is 10.9 Å². The highest BCUT2D eigenvalue weighted by Gasteiger charge is 2.17. The Bertz CT molecular complexity index is 727. The summed E-state index contributed by atoms with van der Waals surface area (Å²) in [5, 5.41) is 4.48. The molecule has 1 atom stereocenters. The topological polar surface area (TPSA) is 66.3 Å². The first-order chi connectivity index (χ1) is 12.0. The van der Waals surface area contributed by atoms with Gasteiger partial charge in [-0.05, 0) is 37.5 Å². The van der Waals surface area contributed by atoms with Crippen LogP contribution in [0.4, 0.5) is 0 Å². The monoisotopic (exact) mass is 361 g/mol. The molecule has 0 aliphatic rings. The number of aryl methyl sites for hydroxylation is 1. The number of unbranched alkanes of at least 4 members (excludes halogenated alkanes) is 2. The fourth-order valence-corrected chi connectivity index (χ4v) is 2.85. The zero-order valence-corrected chi connectivity index (χ0v) is 16.0. The third kappa shape index (κ3) is 5.46. The predicted octanol–water partition coefficient (Wildman–Crippen LogP) is 4.07. The van der Waals surface area contributed by atoms with Gasteiger partial charge in [-0.25, -0.2) is 0 Å². The Balaban J connectivity index is 1.79. The number of carbonyl (C=O) groups excluding carboxylic acids is 1. The molecule has 0 saturated carbocycles. The fraction of sp³-hybridized carbons (Fsp3) is 0.474. The van der Waals surface area contributed by atoms with Crippen molar-refractivity contribution < 1.29 is 9.21 Å². The fourth-order valence-electron chi connectivity index (χ4n) is 2.72. The van der Waals surface area contributed by atoms with E-state index in [1.165, 1.54) is 25.7 Å². The Morgan fingerprint density at radius 3 is 2.72 bits per heavy atom. The molecule has 0 spiro atoms. The molecule has 1 aromatic heterocycles. The molecule has 25 heavy (non-hydrogen) atoms. The molecule has 3 N–H and O–H groups in total. The summed E-state index contributed by atoms with van der Waals surface area (Å²) in [4.78, 5) is 12.3. The zero-order valence-electron chi connectivity index (χ0n) is 15.1. The van der Waals surface area contributed by atoms with Gasteiger partial charge in [-0.1, -0.05) is 51.3 Å². The van der Waals surface area contributed by atoms with Crippen molar-refractivity contribution in [2.45, 2.75) is 46.5 Å². The maximum Gasteiger partial charge on any atom is 0.305 e. The minimum absolute atomic E-state index is 0.296. The first-order valence-corrected chi connectivity index (χ1v) is 9.26. The number of hydrazine groups is 1. The van der Waals surface area contributed by atoms with E-state index >= 15 is 0 Å². The molecular formula is C19H27N3O2S. The van der Waals surface area contributed by atoms with Crippen molar-refractivity contribution in [2.75, 3.05) is 6.54 Å². The van der Waals surface area contributed by atoms with Crippen molar-refractivity contribution in [3.63, 3.8) is 0 Å². The van der Waals surface area contributed by atoms with E-state index in [2.05, 4.69) is 30.0 Å². The summed E-state index contributed by atoms with van der Waals surface area (Å²) in [7, 11) is 0. The second-order valence-corrected chi connectivity index (χ2v) is 6.85. The highest BCUT2D eigenvalue weighted by Crippen LogP contribution is 2.24. The zero-order chi connectivity index (χ0) is 18.2. The van der Waals surface area contributed by atoms with Crippen molar-refractivity contribution in [3.8, 4) is 0 Å². The summed E-state index contributed by atoms with van der Waals surface area (Å²) in [5.74, 6) is 0.498. The molecule has 0 saturated heterocycles. The number of hydrogen-bond acceptors (Lipinski definition) is 3. The SMILES string of the molecule is CCCCC[C@H](C)CNC(=S)NNC(=O)c1oc2ccccc2c1C. The molecule has 0 unspecified atom stereocenters. The summed E-state index contributed by atoms with van der Waals surface area (Å²) in [6, 6.07) is 7.58. The van der Waals surface area contributed by atoms with E-state index in [9.17, 15) is 4.79 Å². The average molecular weight is 362 g/mol. The predicted molar refractivity (Wildman–Crippen MR) is 105 cm³/mol. The van der Waals surface area contributed by atoms with Gasteiger partial charge in [0.05, 0.1) is 0 Å². The molecule has 5 nitrogen and oxygen atoms in total. The van der Waals surface area contributed by atoms with Gasteiger partial charge in [-0.2, -0.15) is 0 Å². The van der Waals surface area contributed by atoms with Crippen LogP contribution in [0.2, 0.25) is 0 Å². The quantitative estimate of drug-likeness (QED) is 0.394. The van der Waals surface area contributed by atoms with Crippen molar-refractivity contribution >= 4 is 34.2 Å². The molecule has 6 heteroatoms. The van der Waals surface area contributed by atoms with Crippen molar-refractivity contribution in [1.82, 2.24) is 16.2 Å². The molecule has 1 amide bonds. The molecule has 0 bridgehead atoms. The molecule has 0 aliphatic carbocycles. The number of thiocarbonyl (C=S) groups is 1. The lowest BCUT2D eigenvalue weighted by atomic mass is 10.0. The Morgan fingerprint density at radius 2 is 2.00 bits per heavy atom. The molecular weight excluding hydrogens is 334 g/mol. The summed E-state index contributed by atoms with van der Waals surface area (Å²) in [6.07, 6.45) is 4.91. The van der Waals surface area contributed by atoms with Gasteiger partial charge in [0.25, 0.3) is 0 Å². The minimum atomic E-state index is -0.339. The Kier molecular flexibility index (Phi) is 7.25. The number of amides is 1. The number of fused-ring (bicyclic) bond motifs is 1. The van der Waals surface area contributed by atoms with Crippen LogP contribution in [0.3, 0.4) is 0 Å². The Labute approximate surface area is 154 Å². The molecule has 2 aromatic rings. The van der Waals surface area contributed by atoms with Crippen molar-refractivity contribution in [1.29, 1.82) is 0 Å². The van der Waals surface area contributed by atoms with Crippen LogP contribution >= 0.6 is 12.2 Å². The Hall–Kier alpha value is -2.08. The molecule has 1 heterocycles. The maximum atomic E-state index is 12.3. The van der Waals surface area contributed by atoms with Gasteiger partial charge in [-0.3, -0.25) is 15.6 Å². The molecule has 0 radical (unpaired) electrons. The largest absolute Gasteiger partial charge is 0.451 e. The van der Waals surface area contributed by atoms with Gasteiger partial charge < -0.3 is 9.73 Å². The average Bonchev–Trinajstić information content (AvgIpc) is 2.95. The van der Waals surface area contributed by atoms with E-state index in [-0.39, 0.29) is 5.91 Å². The van der Waals surface area contributed by atoms with Crippen molar-refractivity contribution in [3.05, 3.63) is 35.6 Å². The molecule has 136 valence electrons. The lowest BCUT2D eigenvalue weighted by molar-refractivity contribution is 0.0917. The van der Waals surface area contributed by atoms with Gasteiger partial charge >= 0.3 is 5.91 Å². The van der Waals surface area contributed by atoms with Crippen LogP contribution < -0.4 is 16.2 Å². The van der Waals surface area contributed by atoms with Gasteiger partial charge in [0.1, 0.15) is 5.58 Å². The smallest absolute Gasteiger partial charge is 0.305 e. The summed E-state index contributed by atoms with van der Waals surface area (Å²) >= 11 is 5.21. The van der Waals surface area contributed by atoms with Crippen LogP contribution in [-0.4, -0.2) is 17.6 Å². The van der Waals surface area contributed by atoms with Crippen LogP contribution in [0.1, 0.15) is 55.6 Å². The first kappa shape index (κ1) is 19.2. The van der Waals surface area contributed by atoms with Gasteiger partial charge in [0.2, 0.25) is 0 Å². The van der Waals surface area contributed by atoms with Crippen LogP contribution in [0.15, 0.2) is 28.7 Å². The molecule has 0 fully saturated rings. The van der Waals surface area contributed by atoms with Crippen LogP contribution in [0, 0.1) is 12.8 Å². The number of carbonyl (C=O) groups is 1. The van der Waals surface area contributed by atoms with Crippen molar-refractivity contribution in [2.24, 2.45) is 5.92 Å². The lowest BCUT2D eigenvalue weighted by Crippen LogP contribution is -2.47. The third-order valence-corrected chi connectivity index (χ3v) is 4.50. The second-order valence-electron chi connectivity index (χ2n) is 6.44. The van der Waals surface area contributed by atoms with Crippen LogP contribution in [0.5, 0.6) is 0 Å². The summed E-state index contributed by atoms with van der Waals surface area (Å²) in [6.45, 7) is 7.06. The third-order valence-electron chi connectivity index (χ3n) is 4.25. The maximum absolute atomic E-state index is 12.3. The van der Waals surface area contributed by atoms with Crippen LogP contribution in [-0.2, 0) is 0 Å². The number of hydrogen-bond donors (Lipinski definition) is 3. The second kappa shape index (κ2) is 9.42. The highest BCUT2D eigenvalue weighted by atomic mass is 32.1. The summed E-state index contributed by atoms with van der Waals surface area (Å²) in [5.41, 5.74) is 6.84. The standard InChI is InChI=1S/C19H27N3O2S/c1-4-5-6-9-13(2)12-20-19(25)22-21-18(23)17-14(3)15-10-7-8-11-16(15)24-17/h7-8,10-11,13H,4-6,9,12H2,1-3H3,(H,21,23)(H2,20,22,25)/t13-/m0/s1. The van der Waals surface area contributed by atoms with E-state index in [1.807, 2.05) is 31.2 Å². The number of furan rings is 1. The molecule has 2 rings (SSSR count). The first-order valence-electron chi connectivity index (χ1n) is 8.85. The number of nitrogens with one attached hydrogen (secondary N) is 3. The highest BCUT2D eigenvalue weighted by molar-refractivity contribution is 7.80. The van der Waals surface area contributed by atoms with E-state index in [1.54, 1.807) is 0 Å². The van der Waals surface area contributed by atoms with E-state index < -0.39 is 0 Å². The van der Waals surface area contributed by atoms with Crippen LogP contribution in [0.25, 0.3) is 11.0 Å². The normalized spacial score (nSPS) is 12.0. The Morgan fingerprint density at radius 1 is 1.24 bits per heavy atom. The molecule has 1 aromatic carbocycles. The number of para-hydroxylation sites is 1. The number of benzene rings is 1. The molecule has 0 aliphatic heterocycles. The summed E-state index contributed by atoms with van der Waals surface area (Å²) < 4.78 is 5.63. The lowest BCUT2D eigenvalue weighted by Gasteiger charge is -2.15. The van der Waals surface area contributed by atoms with E-state index in [0.717, 1.165) is 17.5 Å². The van der Waals surface area contributed by atoms with Gasteiger partial charge in [-0.15, -0.1) is 0 Å². The van der Waals surface area contributed by atoms with E-state index in [4.69, 9.17) is 16.6 Å².